The molecule has 5 aromatic rings. The van der Waals surface area contributed by atoms with Gasteiger partial charge in [0.2, 0.25) is 0 Å². The number of anilines is 1. The number of ketones is 1. The fraction of sp³-hybridized carbons (Fsp3) is 0.0690. The second kappa shape index (κ2) is 8.83. The maximum absolute atomic E-state index is 13.9. The molecule has 1 fully saturated rings. The predicted molar refractivity (Wildman–Crippen MR) is 141 cm³/mol. The number of ether oxygens (including phenoxy) is 1. The molecule has 8 heteroatoms. The predicted octanol–water partition coefficient (Wildman–Crippen LogP) is 6.22. The summed E-state index contributed by atoms with van der Waals surface area (Å²) < 4.78 is 19.8. The molecule has 0 aliphatic carbocycles. The summed E-state index contributed by atoms with van der Waals surface area (Å²) in [5.41, 5.74) is 1.45. The average Bonchev–Trinajstić information content (AvgIpc) is 3.45. The van der Waals surface area contributed by atoms with Crippen LogP contribution in [0.15, 0.2) is 90.5 Å². The summed E-state index contributed by atoms with van der Waals surface area (Å²) in [4.78, 5) is 32.8. The van der Waals surface area contributed by atoms with Crippen molar-refractivity contribution in [1.82, 2.24) is 4.98 Å². The lowest BCUT2D eigenvalue weighted by atomic mass is 9.93. The number of rotatable bonds is 4. The summed E-state index contributed by atoms with van der Waals surface area (Å²) in [7, 11) is 1.52. The summed E-state index contributed by atoms with van der Waals surface area (Å²) in [6, 6.07) is 23.1. The standard InChI is InChI=1S/C29H19FN2O4S/c1-36-19-9-4-8-17(14-19)25-24(26(33)21-11-5-7-16-6-2-3-10-20(16)21)27(34)28(35)32(25)29-31-22-13-12-18(30)15-23(22)37-29/h2-15,25,33H,1H3/b26-24+. The van der Waals surface area contributed by atoms with E-state index < -0.39 is 23.5 Å². The van der Waals surface area contributed by atoms with Crippen LogP contribution < -0.4 is 9.64 Å². The van der Waals surface area contributed by atoms with Crippen molar-refractivity contribution in [1.29, 1.82) is 0 Å². The van der Waals surface area contributed by atoms with E-state index in [1.165, 1.54) is 30.2 Å². The molecule has 6 nitrogen and oxygen atoms in total. The molecule has 0 bridgehead atoms. The lowest BCUT2D eigenvalue weighted by molar-refractivity contribution is -0.132. The molecule has 1 N–H and O–H groups in total. The second-order valence-corrected chi connectivity index (χ2v) is 9.59. The Morgan fingerprint density at radius 3 is 2.62 bits per heavy atom. The molecule has 1 amide bonds. The Kier molecular flexibility index (Phi) is 5.46. The van der Waals surface area contributed by atoms with E-state index in [1.54, 1.807) is 36.4 Å². The highest BCUT2D eigenvalue weighted by Gasteiger charge is 2.48. The van der Waals surface area contributed by atoms with E-state index in [2.05, 4.69) is 4.98 Å². The lowest BCUT2D eigenvalue weighted by Crippen LogP contribution is -2.29. The molecular formula is C29H19FN2O4S. The Labute approximate surface area is 214 Å². The number of nitrogens with zero attached hydrogens (tertiary/aromatic N) is 2. The smallest absolute Gasteiger partial charge is 0.301 e. The molecule has 1 aliphatic heterocycles. The molecule has 0 spiro atoms. The second-order valence-electron chi connectivity index (χ2n) is 8.58. The van der Waals surface area contributed by atoms with Gasteiger partial charge in [-0.15, -0.1) is 0 Å². The number of fused-ring (bicyclic) bond motifs is 2. The Balaban J connectivity index is 1.61. The van der Waals surface area contributed by atoms with Crippen LogP contribution in [0.5, 0.6) is 5.75 Å². The third-order valence-corrected chi connectivity index (χ3v) is 7.46. The molecule has 4 aromatic carbocycles. The van der Waals surface area contributed by atoms with Gasteiger partial charge in [0.15, 0.2) is 5.13 Å². The summed E-state index contributed by atoms with van der Waals surface area (Å²) in [5, 5.41) is 13.4. The van der Waals surface area contributed by atoms with Gasteiger partial charge in [-0.3, -0.25) is 14.5 Å². The molecule has 1 unspecified atom stereocenters. The van der Waals surface area contributed by atoms with Crippen LogP contribution in [0.25, 0.3) is 26.7 Å². The molecule has 1 atom stereocenters. The van der Waals surface area contributed by atoms with Gasteiger partial charge in [0.25, 0.3) is 5.78 Å². The minimum atomic E-state index is -0.973. The largest absolute Gasteiger partial charge is 0.507 e. The van der Waals surface area contributed by atoms with Crippen LogP contribution in [0.4, 0.5) is 9.52 Å². The third-order valence-electron chi connectivity index (χ3n) is 6.44. The number of methoxy groups -OCH3 is 1. The number of aliphatic hydroxyl groups excluding tert-OH is 1. The van der Waals surface area contributed by atoms with E-state index in [9.17, 15) is 19.1 Å². The van der Waals surface area contributed by atoms with Crippen molar-refractivity contribution < 1.29 is 23.8 Å². The van der Waals surface area contributed by atoms with Crippen molar-refractivity contribution in [3.05, 3.63) is 107 Å². The van der Waals surface area contributed by atoms with Crippen LogP contribution in [0.3, 0.4) is 0 Å². The fourth-order valence-electron chi connectivity index (χ4n) is 4.72. The first kappa shape index (κ1) is 22.9. The topological polar surface area (TPSA) is 79.7 Å². The quantitative estimate of drug-likeness (QED) is 0.176. The zero-order chi connectivity index (χ0) is 25.7. The van der Waals surface area contributed by atoms with E-state index >= 15 is 0 Å². The monoisotopic (exact) mass is 510 g/mol. The van der Waals surface area contributed by atoms with E-state index in [4.69, 9.17) is 4.74 Å². The van der Waals surface area contributed by atoms with Crippen LogP contribution in [-0.2, 0) is 9.59 Å². The number of halogens is 1. The number of thiazole rings is 1. The molecule has 1 aliphatic rings. The molecule has 1 saturated heterocycles. The fourth-order valence-corrected chi connectivity index (χ4v) is 5.74. The van der Waals surface area contributed by atoms with Crippen molar-refractivity contribution in [2.24, 2.45) is 0 Å². The molecule has 6 rings (SSSR count). The highest BCUT2D eigenvalue weighted by Crippen LogP contribution is 2.45. The SMILES string of the molecule is COc1cccc(C2/C(=C(\O)c3cccc4ccccc34)C(=O)C(=O)N2c2nc3ccc(F)cc3s2)c1. The first-order valence-electron chi connectivity index (χ1n) is 11.5. The number of benzene rings is 4. The van der Waals surface area contributed by atoms with E-state index in [1.807, 2.05) is 30.3 Å². The van der Waals surface area contributed by atoms with Gasteiger partial charge in [-0.05, 0) is 46.7 Å². The molecule has 37 heavy (non-hydrogen) atoms. The van der Waals surface area contributed by atoms with E-state index in [-0.39, 0.29) is 16.5 Å². The zero-order valence-corrected chi connectivity index (χ0v) is 20.3. The molecular weight excluding hydrogens is 491 g/mol. The minimum Gasteiger partial charge on any atom is -0.507 e. The normalized spacial score (nSPS) is 17.1. The number of hydrogen-bond acceptors (Lipinski definition) is 6. The number of carbonyl (C=O) groups excluding carboxylic acids is 2. The lowest BCUT2D eigenvalue weighted by Gasteiger charge is -2.23. The number of aliphatic hydroxyl groups is 1. The number of carbonyl (C=O) groups is 2. The number of Topliss-reactive ketones (excluding diaryl/α,β-unsaturated/α-hetero) is 1. The zero-order valence-electron chi connectivity index (χ0n) is 19.5. The van der Waals surface area contributed by atoms with Crippen LogP contribution in [0.2, 0.25) is 0 Å². The Hall–Kier alpha value is -4.56. The number of hydrogen-bond donors (Lipinski definition) is 1. The first-order valence-corrected chi connectivity index (χ1v) is 12.3. The number of amides is 1. The summed E-state index contributed by atoms with van der Waals surface area (Å²) in [6.07, 6.45) is 0. The summed E-state index contributed by atoms with van der Waals surface area (Å²) >= 11 is 1.10. The van der Waals surface area contributed by atoms with Gasteiger partial charge in [0.1, 0.15) is 17.3 Å². The van der Waals surface area contributed by atoms with Gasteiger partial charge in [-0.25, -0.2) is 9.37 Å². The van der Waals surface area contributed by atoms with Crippen LogP contribution in [0, 0.1) is 5.82 Å². The highest BCUT2D eigenvalue weighted by atomic mass is 32.1. The van der Waals surface area contributed by atoms with Crippen molar-refractivity contribution in [2.75, 3.05) is 12.0 Å². The van der Waals surface area contributed by atoms with E-state index in [0.717, 1.165) is 22.1 Å². The van der Waals surface area contributed by atoms with Gasteiger partial charge in [0.05, 0.1) is 28.9 Å². The molecule has 182 valence electrons. The Bertz CT molecular complexity index is 1750. The number of aromatic nitrogens is 1. The van der Waals surface area contributed by atoms with Crippen molar-refractivity contribution in [3.63, 3.8) is 0 Å². The molecule has 1 aromatic heterocycles. The van der Waals surface area contributed by atoms with Crippen molar-refractivity contribution in [2.45, 2.75) is 6.04 Å². The minimum absolute atomic E-state index is 0.0555. The first-order chi connectivity index (χ1) is 18.0. The van der Waals surface area contributed by atoms with Crippen LogP contribution >= 0.6 is 11.3 Å². The van der Waals surface area contributed by atoms with E-state index in [0.29, 0.717) is 27.1 Å². The van der Waals surface area contributed by atoms with Gasteiger partial charge < -0.3 is 9.84 Å². The maximum Gasteiger partial charge on any atom is 0.301 e. The highest BCUT2D eigenvalue weighted by molar-refractivity contribution is 7.22. The maximum atomic E-state index is 13.9. The Morgan fingerprint density at radius 2 is 1.78 bits per heavy atom. The van der Waals surface area contributed by atoms with Crippen LogP contribution in [-0.4, -0.2) is 28.9 Å². The molecule has 2 heterocycles. The van der Waals surface area contributed by atoms with Gasteiger partial charge in [0, 0.05) is 5.56 Å². The Morgan fingerprint density at radius 1 is 1.00 bits per heavy atom. The van der Waals surface area contributed by atoms with Gasteiger partial charge >= 0.3 is 5.91 Å². The van der Waals surface area contributed by atoms with Crippen molar-refractivity contribution in [3.8, 4) is 5.75 Å². The average molecular weight is 511 g/mol. The summed E-state index contributed by atoms with van der Waals surface area (Å²) in [5.74, 6) is -1.83. The third kappa shape index (κ3) is 3.73. The van der Waals surface area contributed by atoms with Gasteiger partial charge in [-0.2, -0.15) is 0 Å². The van der Waals surface area contributed by atoms with Crippen LogP contribution in [0.1, 0.15) is 17.2 Å². The molecule has 0 radical (unpaired) electrons. The summed E-state index contributed by atoms with van der Waals surface area (Å²) in [6.45, 7) is 0. The molecule has 0 saturated carbocycles. The van der Waals surface area contributed by atoms with Crippen molar-refractivity contribution >= 4 is 54.9 Å². The van der Waals surface area contributed by atoms with Gasteiger partial charge in [-0.1, -0.05) is 65.9 Å².